The van der Waals surface area contributed by atoms with Crippen LogP contribution in [0.5, 0.6) is 0 Å². The van der Waals surface area contributed by atoms with Gasteiger partial charge in [-0.2, -0.15) is 5.10 Å². The second kappa shape index (κ2) is 5.98. The molecule has 0 aromatic carbocycles. The summed E-state index contributed by atoms with van der Waals surface area (Å²) in [5.41, 5.74) is 1.54. The van der Waals surface area contributed by atoms with Crippen LogP contribution in [0, 0.1) is 12.8 Å². The topological polar surface area (TPSA) is 38.0 Å². The first kappa shape index (κ1) is 15.7. The van der Waals surface area contributed by atoms with E-state index in [4.69, 9.17) is 11.6 Å². The third kappa shape index (κ3) is 3.31. The summed E-state index contributed by atoms with van der Waals surface area (Å²) < 4.78 is 28.1. The quantitative estimate of drug-likeness (QED) is 0.923. The molecule has 3 nitrogen and oxygen atoms in total. The molecule has 1 unspecified atom stereocenters. The Morgan fingerprint density at radius 1 is 1.45 bits per heavy atom. The van der Waals surface area contributed by atoms with Gasteiger partial charge in [0.05, 0.1) is 22.5 Å². The Hall–Kier alpha value is -0.680. The average molecular weight is 307 g/mol. The standard InChI is InChI=1S/C14H21ClF2N2O/c1-3-19-11(13(15)9(2)18-19)8-12(20)10-4-6-14(16,17)7-5-10/h10,12,20H,3-8H2,1-2H3. The van der Waals surface area contributed by atoms with Gasteiger partial charge in [0.2, 0.25) is 5.92 Å². The Morgan fingerprint density at radius 3 is 2.60 bits per heavy atom. The van der Waals surface area contributed by atoms with Gasteiger partial charge in [-0.25, -0.2) is 8.78 Å². The highest BCUT2D eigenvalue weighted by Crippen LogP contribution is 2.38. The number of halogens is 3. The van der Waals surface area contributed by atoms with E-state index in [0.29, 0.717) is 30.8 Å². The summed E-state index contributed by atoms with van der Waals surface area (Å²) in [5, 5.41) is 15.2. The molecular weight excluding hydrogens is 286 g/mol. The van der Waals surface area contributed by atoms with E-state index in [1.54, 1.807) is 4.68 Å². The molecule has 1 heterocycles. The molecule has 114 valence electrons. The first-order valence-corrected chi connectivity index (χ1v) is 7.49. The maximum Gasteiger partial charge on any atom is 0.248 e. The highest BCUT2D eigenvalue weighted by molar-refractivity contribution is 6.31. The second-order valence-corrected chi connectivity index (χ2v) is 6.00. The summed E-state index contributed by atoms with van der Waals surface area (Å²) in [6.07, 6.45) is 0.216. The first-order valence-electron chi connectivity index (χ1n) is 7.11. The lowest BCUT2D eigenvalue weighted by molar-refractivity contribution is -0.0621. The van der Waals surface area contributed by atoms with Gasteiger partial charge in [0, 0.05) is 25.8 Å². The molecule has 1 N–H and O–H groups in total. The molecule has 1 atom stereocenters. The van der Waals surface area contributed by atoms with E-state index in [0.717, 1.165) is 11.4 Å². The summed E-state index contributed by atoms with van der Waals surface area (Å²) in [7, 11) is 0. The SMILES string of the molecule is CCn1nc(C)c(Cl)c1CC(O)C1CCC(F)(F)CC1. The van der Waals surface area contributed by atoms with Crippen LogP contribution >= 0.6 is 11.6 Å². The number of rotatable bonds is 4. The van der Waals surface area contributed by atoms with Gasteiger partial charge < -0.3 is 5.11 Å². The van der Waals surface area contributed by atoms with Crippen LogP contribution in [0.1, 0.15) is 44.0 Å². The molecule has 0 spiro atoms. The van der Waals surface area contributed by atoms with E-state index in [-0.39, 0.29) is 18.8 Å². The van der Waals surface area contributed by atoms with Crippen LogP contribution in [0.3, 0.4) is 0 Å². The molecule has 0 bridgehead atoms. The largest absolute Gasteiger partial charge is 0.392 e. The Kier molecular flexibility index (Phi) is 4.69. The average Bonchev–Trinajstić information content (AvgIpc) is 2.66. The van der Waals surface area contributed by atoms with Crippen LogP contribution in [0.4, 0.5) is 8.78 Å². The monoisotopic (exact) mass is 306 g/mol. The summed E-state index contributed by atoms with van der Waals surface area (Å²) >= 11 is 6.21. The van der Waals surface area contributed by atoms with Crippen molar-refractivity contribution in [2.75, 3.05) is 0 Å². The molecule has 6 heteroatoms. The molecule has 1 aromatic rings. The molecule has 1 aliphatic rings. The number of hydrogen-bond donors (Lipinski definition) is 1. The van der Waals surface area contributed by atoms with Crippen molar-refractivity contribution in [2.24, 2.45) is 5.92 Å². The van der Waals surface area contributed by atoms with Crippen molar-refractivity contribution < 1.29 is 13.9 Å². The number of aryl methyl sites for hydroxylation is 2. The first-order chi connectivity index (χ1) is 9.34. The van der Waals surface area contributed by atoms with Crippen LogP contribution in [-0.4, -0.2) is 26.9 Å². The van der Waals surface area contributed by atoms with E-state index < -0.39 is 12.0 Å². The minimum absolute atomic E-state index is 0.0776. The van der Waals surface area contributed by atoms with Crippen molar-refractivity contribution in [3.63, 3.8) is 0 Å². The highest BCUT2D eigenvalue weighted by Gasteiger charge is 2.37. The number of hydrogen-bond acceptors (Lipinski definition) is 2. The maximum absolute atomic E-state index is 13.1. The summed E-state index contributed by atoms with van der Waals surface area (Å²) in [4.78, 5) is 0. The Bertz CT molecular complexity index is 466. The molecule has 1 aliphatic carbocycles. The smallest absolute Gasteiger partial charge is 0.248 e. The van der Waals surface area contributed by atoms with Gasteiger partial charge in [-0.15, -0.1) is 0 Å². The van der Waals surface area contributed by atoms with Gasteiger partial charge in [-0.05, 0) is 32.6 Å². The third-order valence-corrected chi connectivity index (χ3v) is 4.65. The molecule has 0 saturated heterocycles. The summed E-state index contributed by atoms with van der Waals surface area (Å²) in [5.74, 6) is -2.64. The maximum atomic E-state index is 13.1. The lowest BCUT2D eigenvalue weighted by atomic mass is 9.82. The van der Waals surface area contributed by atoms with E-state index in [1.807, 2.05) is 13.8 Å². The van der Waals surface area contributed by atoms with Crippen LogP contribution in [0.15, 0.2) is 0 Å². The van der Waals surface area contributed by atoms with Crippen molar-refractivity contribution in [1.29, 1.82) is 0 Å². The van der Waals surface area contributed by atoms with Crippen LogP contribution in [-0.2, 0) is 13.0 Å². The number of aliphatic hydroxyl groups excluding tert-OH is 1. The molecule has 0 aliphatic heterocycles. The van der Waals surface area contributed by atoms with Crippen molar-refractivity contribution in [2.45, 2.75) is 64.5 Å². The zero-order valence-electron chi connectivity index (χ0n) is 11.9. The predicted molar refractivity (Wildman–Crippen MR) is 74.3 cm³/mol. The molecular formula is C14H21ClF2N2O. The van der Waals surface area contributed by atoms with Crippen molar-refractivity contribution >= 4 is 11.6 Å². The lowest BCUT2D eigenvalue weighted by Gasteiger charge is -2.31. The van der Waals surface area contributed by atoms with E-state index >= 15 is 0 Å². The predicted octanol–water partition coefficient (Wildman–Crippen LogP) is 3.59. The highest BCUT2D eigenvalue weighted by atomic mass is 35.5. The minimum Gasteiger partial charge on any atom is -0.392 e. The van der Waals surface area contributed by atoms with Gasteiger partial charge in [0.15, 0.2) is 0 Å². The van der Waals surface area contributed by atoms with Crippen LogP contribution in [0.2, 0.25) is 5.02 Å². The van der Waals surface area contributed by atoms with Gasteiger partial charge in [-0.1, -0.05) is 11.6 Å². The summed E-state index contributed by atoms with van der Waals surface area (Å²) in [6.45, 7) is 4.46. The lowest BCUT2D eigenvalue weighted by Crippen LogP contribution is -2.32. The van der Waals surface area contributed by atoms with E-state index in [1.165, 1.54) is 0 Å². The fraction of sp³-hybridized carbons (Fsp3) is 0.786. The fourth-order valence-electron chi connectivity index (χ4n) is 2.88. The molecule has 0 radical (unpaired) electrons. The number of alkyl halides is 2. The Labute approximate surface area is 122 Å². The zero-order valence-corrected chi connectivity index (χ0v) is 12.6. The summed E-state index contributed by atoms with van der Waals surface area (Å²) in [6, 6.07) is 0. The van der Waals surface area contributed by atoms with E-state index in [2.05, 4.69) is 5.10 Å². The third-order valence-electron chi connectivity index (χ3n) is 4.16. The van der Waals surface area contributed by atoms with Crippen molar-refractivity contribution in [1.82, 2.24) is 9.78 Å². The normalized spacial score (nSPS) is 21.1. The van der Waals surface area contributed by atoms with Gasteiger partial charge in [0.1, 0.15) is 0 Å². The molecule has 1 fully saturated rings. The molecule has 1 aromatic heterocycles. The molecule has 2 rings (SSSR count). The molecule has 0 amide bonds. The van der Waals surface area contributed by atoms with Crippen LogP contribution in [0.25, 0.3) is 0 Å². The van der Waals surface area contributed by atoms with Gasteiger partial charge in [0.25, 0.3) is 0 Å². The number of aromatic nitrogens is 2. The van der Waals surface area contributed by atoms with Crippen LogP contribution < -0.4 is 0 Å². The fourth-order valence-corrected chi connectivity index (χ4v) is 3.09. The van der Waals surface area contributed by atoms with Gasteiger partial charge >= 0.3 is 0 Å². The van der Waals surface area contributed by atoms with Crippen molar-refractivity contribution in [3.05, 3.63) is 16.4 Å². The molecule has 20 heavy (non-hydrogen) atoms. The minimum atomic E-state index is -2.56. The second-order valence-electron chi connectivity index (χ2n) is 5.63. The van der Waals surface area contributed by atoms with Gasteiger partial charge in [-0.3, -0.25) is 4.68 Å². The Morgan fingerprint density at radius 2 is 2.05 bits per heavy atom. The molecule has 1 saturated carbocycles. The Balaban J connectivity index is 2.03. The number of aliphatic hydroxyl groups is 1. The zero-order chi connectivity index (χ0) is 14.9. The van der Waals surface area contributed by atoms with Crippen molar-refractivity contribution in [3.8, 4) is 0 Å². The van der Waals surface area contributed by atoms with E-state index in [9.17, 15) is 13.9 Å². The number of nitrogens with zero attached hydrogens (tertiary/aromatic N) is 2.